The number of ether oxygens (including phenoxy) is 1. The Morgan fingerprint density at radius 1 is 1.35 bits per heavy atom. The van der Waals surface area contributed by atoms with E-state index < -0.39 is 0 Å². The Morgan fingerprint density at radius 3 is 3.00 bits per heavy atom. The number of aryl methyl sites for hydroxylation is 1. The molecule has 1 atom stereocenters. The summed E-state index contributed by atoms with van der Waals surface area (Å²) >= 11 is 1.84. The van der Waals surface area contributed by atoms with Crippen LogP contribution in [-0.2, 0) is 24.4 Å². The number of fused-ring (bicyclic) bond motifs is 1. The van der Waals surface area contributed by atoms with Crippen LogP contribution in [0.15, 0.2) is 23.7 Å². The van der Waals surface area contributed by atoms with Gasteiger partial charge in [-0.05, 0) is 37.1 Å². The molecule has 1 fully saturated rings. The van der Waals surface area contributed by atoms with Crippen molar-refractivity contribution < 1.29 is 4.74 Å². The Kier molecular flexibility index (Phi) is 4.51. The Morgan fingerprint density at radius 2 is 2.26 bits per heavy atom. The van der Waals surface area contributed by atoms with Crippen LogP contribution in [0.4, 0.5) is 0 Å². The van der Waals surface area contributed by atoms with Crippen molar-refractivity contribution in [1.82, 2.24) is 14.7 Å². The van der Waals surface area contributed by atoms with Crippen molar-refractivity contribution in [3.63, 3.8) is 0 Å². The highest BCUT2D eigenvalue weighted by molar-refractivity contribution is 7.09. The van der Waals surface area contributed by atoms with Crippen molar-refractivity contribution in [2.45, 2.75) is 45.3 Å². The number of hydrogen-bond donors (Lipinski definition) is 0. The lowest BCUT2D eigenvalue weighted by Gasteiger charge is -2.31. The fraction of sp³-hybridized carbons (Fsp3) is 0.611. The van der Waals surface area contributed by atoms with Crippen LogP contribution in [0.2, 0.25) is 0 Å². The molecule has 1 saturated carbocycles. The SMILES string of the molecule is CCn1cc2c(n1)CN(Cc1cccs1)C[C@H]2COCC1CC1. The van der Waals surface area contributed by atoms with Crippen LogP contribution in [-0.4, -0.2) is 34.4 Å². The quantitative estimate of drug-likeness (QED) is 0.778. The largest absolute Gasteiger partial charge is 0.380 e. The second-order valence-corrected chi connectivity index (χ2v) is 7.85. The van der Waals surface area contributed by atoms with Crippen LogP contribution in [0, 0.1) is 5.92 Å². The van der Waals surface area contributed by atoms with Gasteiger partial charge in [0.1, 0.15) is 0 Å². The fourth-order valence-electron chi connectivity index (χ4n) is 3.34. The molecule has 2 aromatic rings. The van der Waals surface area contributed by atoms with Gasteiger partial charge in [-0.25, -0.2) is 0 Å². The summed E-state index contributed by atoms with van der Waals surface area (Å²) in [5, 5.41) is 6.94. The van der Waals surface area contributed by atoms with Gasteiger partial charge in [-0.15, -0.1) is 11.3 Å². The molecule has 5 heteroatoms. The summed E-state index contributed by atoms with van der Waals surface area (Å²) in [6.07, 6.45) is 4.95. The van der Waals surface area contributed by atoms with Crippen molar-refractivity contribution in [2.75, 3.05) is 19.8 Å². The van der Waals surface area contributed by atoms with Gasteiger partial charge >= 0.3 is 0 Å². The van der Waals surface area contributed by atoms with Gasteiger partial charge in [-0.3, -0.25) is 9.58 Å². The van der Waals surface area contributed by atoms with Gasteiger partial charge in [-0.1, -0.05) is 6.07 Å². The summed E-state index contributed by atoms with van der Waals surface area (Å²) < 4.78 is 8.10. The van der Waals surface area contributed by atoms with E-state index in [1.165, 1.54) is 29.0 Å². The highest BCUT2D eigenvalue weighted by atomic mass is 32.1. The van der Waals surface area contributed by atoms with E-state index in [1.54, 1.807) is 0 Å². The molecule has 0 radical (unpaired) electrons. The smallest absolute Gasteiger partial charge is 0.0801 e. The lowest BCUT2D eigenvalue weighted by Crippen LogP contribution is -2.34. The van der Waals surface area contributed by atoms with E-state index in [0.717, 1.165) is 45.3 Å². The van der Waals surface area contributed by atoms with Crippen LogP contribution < -0.4 is 0 Å². The summed E-state index contributed by atoms with van der Waals surface area (Å²) in [5.41, 5.74) is 2.65. The van der Waals surface area contributed by atoms with E-state index >= 15 is 0 Å². The Hall–Kier alpha value is -1.17. The number of nitrogens with zero attached hydrogens (tertiary/aromatic N) is 3. The molecule has 0 bridgehead atoms. The second-order valence-electron chi connectivity index (χ2n) is 6.81. The maximum atomic E-state index is 6.02. The average Bonchev–Trinajstić information content (AvgIpc) is 3.06. The van der Waals surface area contributed by atoms with Gasteiger partial charge in [0.05, 0.1) is 12.3 Å². The molecule has 4 nitrogen and oxygen atoms in total. The molecular formula is C18H25N3OS. The van der Waals surface area contributed by atoms with Crippen molar-refractivity contribution in [3.8, 4) is 0 Å². The van der Waals surface area contributed by atoms with Crippen LogP contribution in [0.1, 0.15) is 41.8 Å². The van der Waals surface area contributed by atoms with Crippen LogP contribution in [0.25, 0.3) is 0 Å². The molecule has 2 aromatic heterocycles. The zero-order valence-corrected chi connectivity index (χ0v) is 14.6. The Balaban J connectivity index is 1.46. The van der Waals surface area contributed by atoms with Gasteiger partial charge in [0, 0.05) is 55.3 Å². The van der Waals surface area contributed by atoms with Gasteiger partial charge in [0.15, 0.2) is 0 Å². The van der Waals surface area contributed by atoms with E-state index in [2.05, 4.69) is 40.2 Å². The highest BCUT2D eigenvalue weighted by Gasteiger charge is 2.29. The first-order chi connectivity index (χ1) is 11.3. The lowest BCUT2D eigenvalue weighted by atomic mass is 9.95. The summed E-state index contributed by atoms with van der Waals surface area (Å²) in [6.45, 7) is 7.92. The molecule has 0 saturated heterocycles. The summed E-state index contributed by atoms with van der Waals surface area (Å²) in [5.74, 6) is 1.29. The molecule has 1 aliphatic heterocycles. The third-order valence-corrected chi connectivity index (χ3v) is 5.68. The first-order valence-corrected chi connectivity index (χ1v) is 9.58. The van der Waals surface area contributed by atoms with E-state index in [1.807, 2.05) is 11.3 Å². The van der Waals surface area contributed by atoms with Crippen molar-refractivity contribution in [1.29, 1.82) is 0 Å². The van der Waals surface area contributed by atoms with E-state index in [4.69, 9.17) is 9.84 Å². The highest BCUT2D eigenvalue weighted by Crippen LogP contribution is 2.32. The van der Waals surface area contributed by atoms with Gasteiger partial charge in [-0.2, -0.15) is 5.10 Å². The zero-order valence-electron chi connectivity index (χ0n) is 13.8. The minimum atomic E-state index is 0.456. The second kappa shape index (κ2) is 6.75. The van der Waals surface area contributed by atoms with Crippen molar-refractivity contribution in [2.24, 2.45) is 5.92 Å². The normalized spacial score (nSPS) is 21.5. The molecule has 2 aliphatic rings. The minimum absolute atomic E-state index is 0.456. The van der Waals surface area contributed by atoms with E-state index in [0.29, 0.717) is 5.92 Å². The monoisotopic (exact) mass is 331 g/mol. The summed E-state index contributed by atoms with van der Waals surface area (Å²) in [7, 11) is 0. The minimum Gasteiger partial charge on any atom is -0.380 e. The average molecular weight is 331 g/mol. The zero-order chi connectivity index (χ0) is 15.6. The number of thiophene rings is 1. The molecular weight excluding hydrogens is 306 g/mol. The fourth-order valence-corrected chi connectivity index (χ4v) is 4.08. The predicted octanol–water partition coefficient (Wildman–Crippen LogP) is 3.49. The topological polar surface area (TPSA) is 30.3 Å². The first kappa shape index (κ1) is 15.4. The molecule has 23 heavy (non-hydrogen) atoms. The van der Waals surface area contributed by atoms with Gasteiger partial charge in [0.2, 0.25) is 0 Å². The maximum absolute atomic E-state index is 6.02. The molecule has 0 spiro atoms. The molecule has 0 aromatic carbocycles. The standard InChI is InChI=1S/C18H25N3OS/c1-2-21-10-17-15(13-22-12-14-5-6-14)8-20(11-18(17)19-21)9-16-4-3-7-23-16/h3-4,7,10,14-15H,2,5-6,8-9,11-13H2,1H3/t15-/m0/s1. The molecule has 0 unspecified atom stereocenters. The third-order valence-electron chi connectivity index (χ3n) is 4.82. The van der Waals surface area contributed by atoms with E-state index in [-0.39, 0.29) is 0 Å². The third kappa shape index (κ3) is 3.67. The maximum Gasteiger partial charge on any atom is 0.0801 e. The predicted molar refractivity (Wildman–Crippen MR) is 92.6 cm³/mol. The molecule has 0 amide bonds. The molecule has 0 N–H and O–H groups in total. The molecule has 1 aliphatic carbocycles. The van der Waals surface area contributed by atoms with Crippen molar-refractivity contribution >= 4 is 11.3 Å². The molecule has 124 valence electrons. The van der Waals surface area contributed by atoms with Gasteiger partial charge < -0.3 is 4.74 Å². The molecule has 3 heterocycles. The number of rotatable bonds is 7. The lowest BCUT2D eigenvalue weighted by molar-refractivity contribution is 0.0892. The van der Waals surface area contributed by atoms with E-state index in [9.17, 15) is 0 Å². The number of aromatic nitrogens is 2. The molecule has 4 rings (SSSR count). The van der Waals surface area contributed by atoms with Crippen LogP contribution >= 0.6 is 11.3 Å². The van der Waals surface area contributed by atoms with Crippen LogP contribution in [0.5, 0.6) is 0 Å². The first-order valence-electron chi connectivity index (χ1n) is 8.70. The Labute approximate surface area is 142 Å². The summed E-state index contributed by atoms with van der Waals surface area (Å²) in [6, 6.07) is 4.36. The Bertz CT molecular complexity index is 633. The summed E-state index contributed by atoms with van der Waals surface area (Å²) in [4.78, 5) is 3.95. The van der Waals surface area contributed by atoms with Crippen LogP contribution in [0.3, 0.4) is 0 Å². The van der Waals surface area contributed by atoms with Crippen molar-refractivity contribution in [3.05, 3.63) is 39.8 Å². The number of hydrogen-bond acceptors (Lipinski definition) is 4. The van der Waals surface area contributed by atoms with Gasteiger partial charge in [0.25, 0.3) is 0 Å².